The first kappa shape index (κ1) is 19.7. The Kier molecular flexibility index (Phi) is 6.21. The molecule has 0 fully saturated rings. The van der Waals surface area contributed by atoms with Crippen molar-refractivity contribution in [3.63, 3.8) is 0 Å². The zero-order valence-electron chi connectivity index (χ0n) is 15.4. The van der Waals surface area contributed by atoms with Gasteiger partial charge in [-0.15, -0.1) is 0 Å². The van der Waals surface area contributed by atoms with Crippen molar-refractivity contribution < 1.29 is 14.6 Å². The summed E-state index contributed by atoms with van der Waals surface area (Å²) in [6.45, 7) is 8.05. The van der Waals surface area contributed by atoms with E-state index in [1.54, 1.807) is 18.2 Å². The van der Waals surface area contributed by atoms with Gasteiger partial charge in [-0.25, -0.2) is 0 Å². The van der Waals surface area contributed by atoms with Gasteiger partial charge in [0.05, 0.1) is 5.69 Å². The Morgan fingerprint density at radius 3 is 2.42 bits per heavy atom. The summed E-state index contributed by atoms with van der Waals surface area (Å²) >= 11 is 5.15. The summed E-state index contributed by atoms with van der Waals surface area (Å²) in [6.07, 6.45) is 0. The highest BCUT2D eigenvalue weighted by Crippen LogP contribution is 2.30. The molecule has 0 heterocycles. The number of aryl methyl sites for hydroxylation is 1. The number of nitrogens with one attached hydrogen (secondary N) is 2. The van der Waals surface area contributed by atoms with Gasteiger partial charge in [0.2, 0.25) is 0 Å². The third-order valence-electron chi connectivity index (χ3n) is 3.75. The lowest BCUT2D eigenvalue weighted by atomic mass is 9.87. The minimum absolute atomic E-state index is 0.0607. The van der Waals surface area contributed by atoms with Crippen molar-refractivity contribution in [1.29, 1.82) is 0 Å². The second-order valence-electron chi connectivity index (χ2n) is 7.09. The Morgan fingerprint density at radius 2 is 1.81 bits per heavy atom. The predicted octanol–water partition coefficient (Wildman–Crippen LogP) is 3.89. The number of benzene rings is 2. The summed E-state index contributed by atoms with van der Waals surface area (Å²) in [5, 5.41) is 15.5. The van der Waals surface area contributed by atoms with Gasteiger partial charge >= 0.3 is 0 Å². The van der Waals surface area contributed by atoms with Gasteiger partial charge in [0.1, 0.15) is 11.5 Å². The van der Waals surface area contributed by atoms with Gasteiger partial charge in [-0.3, -0.25) is 10.1 Å². The molecule has 2 aromatic rings. The molecule has 138 valence electrons. The molecule has 26 heavy (non-hydrogen) atoms. The van der Waals surface area contributed by atoms with Crippen molar-refractivity contribution in [3.8, 4) is 11.5 Å². The molecule has 0 saturated carbocycles. The van der Waals surface area contributed by atoms with E-state index in [-0.39, 0.29) is 28.8 Å². The number of rotatable bonds is 4. The molecule has 2 aromatic carbocycles. The van der Waals surface area contributed by atoms with Gasteiger partial charge in [0.15, 0.2) is 11.7 Å². The van der Waals surface area contributed by atoms with Gasteiger partial charge < -0.3 is 15.2 Å². The third kappa shape index (κ3) is 5.74. The summed E-state index contributed by atoms with van der Waals surface area (Å²) < 4.78 is 5.41. The molecule has 0 spiro atoms. The summed E-state index contributed by atoms with van der Waals surface area (Å²) in [4.78, 5) is 12.0. The summed E-state index contributed by atoms with van der Waals surface area (Å²) in [5.41, 5.74) is 2.53. The molecule has 0 aliphatic rings. The van der Waals surface area contributed by atoms with Crippen molar-refractivity contribution in [3.05, 3.63) is 53.6 Å². The Labute approximate surface area is 159 Å². The second kappa shape index (κ2) is 8.19. The average Bonchev–Trinajstić information content (AvgIpc) is 2.55. The number of aromatic hydroxyl groups is 1. The Morgan fingerprint density at radius 1 is 1.15 bits per heavy atom. The minimum Gasteiger partial charge on any atom is -0.506 e. The minimum atomic E-state index is -0.380. The van der Waals surface area contributed by atoms with Crippen molar-refractivity contribution in [2.75, 3.05) is 11.9 Å². The first-order chi connectivity index (χ1) is 12.1. The maximum Gasteiger partial charge on any atom is 0.264 e. The number of hydrogen-bond donors (Lipinski definition) is 3. The monoisotopic (exact) mass is 372 g/mol. The van der Waals surface area contributed by atoms with Crippen molar-refractivity contribution in [1.82, 2.24) is 5.32 Å². The van der Waals surface area contributed by atoms with E-state index in [9.17, 15) is 9.90 Å². The predicted molar refractivity (Wildman–Crippen MR) is 108 cm³/mol. The molecule has 6 heteroatoms. The lowest BCUT2D eigenvalue weighted by Gasteiger charge is -2.21. The number of carbonyl (C=O) groups excluding carboxylic acids is 1. The van der Waals surface area contributed by atoms with Crippen LogP contribution in [0.1, 0.15) is 31.9 Å². The number of ether oxygens (including phenoxy) is 1. The molecule has 0 unspecified atom stereocenters. The van der Waals surface area contributed by atoms with Crippen LogP contribution in [0.25, 0.3) is 0 Å². The highest BCUT2D eigenvalue weighted by Gasteiger charge is 2.16. The van der Waals surface area contributed by atoms with E-state index in [2.05, 4.69) is 31.4 Å². The smallest absolute Gasteiger partial charge is 0.264 e. The molecular weight excluding hydrogens is 348 g/mol. The standard InChI is InChI=1S/C20H24N2O3S/c1-13-5-8-15(9-6-13)25-12-18(24)22-19(26)21-16-11-14(20(2,3)4)7-10-17(16)23/h5-11,23H,12H2,1-4H3,(H2,21,22,24,26). The average molecular weight is 372 g/mol. The van der Waals surface area contributed by atoms with E-state index in [4.69, 9.17) is 17.0 Å². The molecule has 3 N–H and O–H groups in total. The second-order valence-corrected chi connectivity index (χ2v) is 7.49. The van der Waals surface area contributed by atoms with E-state index < -0.39 is 0 Å². The van der Waals surface area contributed by atoms with Crippen LogP contribution in [0, 0.1) is 6.92 Å². The van der Waals surface area contributed by atoms with Crippen LogP contribution in [0.2, 0.25) is 0 Å². The van der Waals surface area contributed by atoms with Crippen LogP contribution >= 0.6 is 12.2 Å². The Bertz CT molecular complexity index is 796. The van der Waals surface area contributed by atoms with Gasteiger partial charge in [-0.05, 0) is 54.4 Å². The molecule has 0 bridgehead atoms. The summed E-state index contributed by atoms with van der Waals surface area (Å²) in [6, 6.07) is 12.7. The largest absolute Gasteiger partial charge is 0.506 e. The lowest BCUT2D eigenvalue weighted by molar-refractivity contribution is -0.121. The number of anilines is 1. The topological polar surface area (TPSA) is 70.6 Å². The fourth-order valence-electron chi connectivity index (χ4n) is 2.20. The molecule has 0 atom stereocenters. The van der Waals surface area contributed by atoms with Crippen LogP contribution in [-0.4, -0.2) is 22.7 Å². The highest BCUT2D eigenvalue weighted by atomic mass is 32.1. The number of thiocarbonyl (C=S) groups is 1. The van der Waals surface area contributed by atoms with Gasteiger partial charge in [0.25, 0.3) is 5.91 Å². The number of carbonyl (C=O) groups is 1. The van der Waals surface area contributed by atoms with Crippen LogP contribution in [0.3, 0.4) is 0 Å². The number of hydrogen-bond acceptors (Lipinski definition) is 4. The first-order valence-electron chi connectivity index (χ1n) is 8.29. The van der Waals surface area contributed by atoms with Gasteiger partial charge in [-0.1, -0.05) is 44.5 Å². The number of phenolic OH excluding ortho intramolecular Hbond substituents is 1. The van der Waals surface area contributed by atoms with Crippen LogP contribution in [-0.2, 0) is 10.2 Å². The number of amides is 1. The maximum atomic E-state index is 12.0. The molecular formula is C20H24N2O3S. The fraction of sp³-hybridized carbons (Fsp3) is 0.300. The quantitative estimate of drug-likeness (QED) is 0.561. The highest BCUT2D eigenvalue weighted by molar-refractivity contribution is 7.80. The molecule has 2 rings (SSSR count). The van der Waals surface area contributed by atoms with Gasteiger partial charge in [-0.2, -0.15) is 0 Å². The van der Waals surface area contributed by atoms with Crippen molar-refractivity contribution >= 4 is 28.9 Å². The van der Waals surface area contributed by atoms with Gasteiger partial charge in [0, 0.05) is 0 Å². The fourth-order valence-corrected chi connectivity index (χ4v) is 2.43. The molecule has 0 aliphatic heterocycles. The first-order valence-corrected chi connectivity index (χ1v) is 8.70. The van der Waals surface area contributed by atoms with E-state index >= 15 is 0 Å². The molecule has 5 nitrogen and oxygen atoms in total. The third-order valence-corrected chi connectivity index (χ3v) is 3.96. The van der Waals surface area contributed by atoms with Crippen molar-refractivity contribution in [2.24, 2.45) is 0 Å². The molecule has 1 amide bonds. The van der Waals surface area contributed by atoms with E-state index in [0.717, 1.165) is 11.1 Å². The zero-order chi connectivity index (χ0) is 19.3. The Balaban J connectivity index is 1.91. The molecule has 0 aliphatic carbocycles. The maximum absolute atomic E-state index is 12.0. The Hall–Kier alpha value is -2.60. The molecule has 0 radical (unpaired) electrons. The molecule has 0 aromatic heterocycles. The number of phenols is 1. The van der Waals surface area contributed by atoms with E-state index in [1.165, 1.54) is 0 Å². The normalized spacial score (nSPS) is 10.9. The van der Waals surface area contributed by atoms with Crippen LogP contribution in [0.4, 0.5) is 5.69 Å². The van der Waals surface area contributed by atoms with E-state index in [0.29, 0.717) is 11.4 Å². The van der Waals surface area contributed by atoms with Crippen LogP contribution < -0.4 is 15.4 Å². The van der Waals surface area contributed by atoms with Crippen LogP contribution in [0.15, 0.2) is 42.5 Å². The molecule has 0 saturated heterocycles. The summed E-state index contributed by atoms with van der Waals surface area (Å²) in [5.74, 6) is 0.292. The zero-order valence-corrected chi connectivity index (χ0v) is 16.2. The lowest BCUT2D eigenvalue weighted by Crippen LogP contribution is -2.37. The van der Waals surface area contributed by atoms with E-state index in [1.807, 2.05) is 31.2 Å². The SMILES string of the molecule is Cc1ccc(OCC(=O)NC(=S)Nc2cc(C(C)(C)C)ccc2O)cc1. The van der Waals surface area contributed by atoms with Crippen LogP contribution in [0.5, 0.6) is 11.5 Å². The summed E-state index contributed by atoms with van der Waals surface area (Å²) in [7, 11) is 0. The van der Waals surface area contributed by atoms with Crippen molar-refractivity contribution in [2.45, 2.75) is 33.1 Å².